The molecule has 1 atom stereocenters. The van der Waals surface area contributed by atoms with Crippen LogP contribution in [0.15, 0.2) is 44.7 Å². The minimum Gasteiger partial charge on any atom is -0.392 e. The van der Waals surface area contributed by atoms with Gasteiger partial charge in [0.05, 0.1) is 6.10 Å². The molecule has 0 aliphatic heterocycles. The summed E-state index contributed by atoms with van der Waals surface area (Å²) in [6, 6.07) is 10.0. The van der Waals surface area contributed by atoms with Crippen molar-refractivity contribution in [2.75, 3.05) is 0 Å². The van der Waals surface area contributed by atoms with Crippen molar-refractivity contribution < 1.29 is 5.11 Å². The second-order valence-corrected chi connectivity index (χ2v) is 6.55. The van der Waals surface area contributed by atoms with Gasteiger partial charge in [0.2, 0.25) is 0 Å². The van der Waals surface area contributed by atoms with Gasteiger partial charge in [-0.1, -0.05) is 34.1 Å². The van der Waals surface area contributed by atoms with Gasteiger partial charge in [-0.3, -0.25) is 0 Å². The summed E-state index contributed by atoms with van der Waals surface area (Å²) < 4.78 is 2.15. The minimum atomic E-state index is -0.344. The van der Waals surface area contributed by atoms with Crippen molar-refractivity contribution in [1.29, 1.82) is 0 Å². The van der Waals surface area contributed by atoms with E-state index in [4.69, 9.17) is 0 Å². The SMILES string of the molecule is OC(Cc1ccccc1Br)Cc1sccc1Br. The first-order valence-corrected chi connectivity index (χ1v) is 7.76. The lowest BCUT2D eigenvalue weighted by atomic mass is 10.1. The highest BCUT2D eigenvalue weighted by Gasteiger charge is 2.11. The number of hydrogen-bond donors (Lipinski definition) is 1. The van der Waals surface area contributed by atoms with Crippen molar-refractivity contribution >= 4 is 43.2 Å². The molecule has 17 heavy (non-hydrogen) atoms. The molecular formula is C13H12Br2OS. The second-order valence-electron chi connectivity index (χ2n) is 3.85. The lowest BCUT2D eigenvalue weighted by molar-refractivity contribution is 0.176. The summed E-state index contributed by atoms with van der Waals surface area (Å²) in [6.45, 7) is 0. The van der Waals surface area contributed by atoms with Crippen LogP contribution < -0.4 is 0 Å². The normalized spacial score (nSPS) is 12.6. The zero-order valence-electron chi connectivity index (χ0n) is 9.07. The zero-order valence-corrected chi connectivity index (χ0v) is 13.1. The lowest BCUT2D eigenvalue weighted by Crippen LogP contribution is -2.13. The molecule has 0 aliphatic carbocycles. The summed E-state index contributed by atoms with van der Waals surface area (Å²) in [5.74, 6) is 0. The van der Waals surface area contributed by atoms with Gasteiger partial charge in [-0.25, -0.2) is 0 Å². The third kappa shape index (κ3) is 3.65. The van der Waals surface area contributed by atoms with Gasteiger partial charge in [0, 0.05) is 20.2 Å². The van der Waals surface area contributed by atoms with Crippen LogP contribution in [0.3, 0.4) is 0 Å². The molecule has 1 heterocycles. The van der Waals surface area contributed by atoms with Crippen LogP contribution in [0.5, 0.6) is 0 Å². The van der Waals surface area contributed by atoms with Gasteiger partial charge in [0.25, 0.3) is 0 Å². The molecule has 1 aromatic heterocycles. The maximum atomic E-state index is 10.1. The van der Waals surface area contributed by atoms with Gasteiger partial charge in [-0.2, -0.15) is 0 Å². The number of rotatable bonds is 4. The Kier molecular flexibility index (Phi) is 4.79. The molecule has 0 radical (unpaired) electrons. The molecule has 0 aliphatic rings. The fourth-order valence-electron chi connectivity index (χ4n) is 1.67. The fourth-order valence-corrected chi connectivity index (χ4v) is 3.71. The Bertz CT molecular complexity index is 496. The number of hydrogen-bond acceptors (Lipinski definition) is 2. The Labute approximate surface area is 122 Å². The average Bonchev–Trinajstić information content (AvgIpc) is 2.68. The summed E-state index contributed by atoms with van der Waals surface area (Å²) in [5, 5.41) is 12.1. The van der Waals surface area contributed by atoms with E-state index in [0.29, 0.717) is 12.8 Å². The van der Waals surface area contributed by atoms with Crippen LogP contribution in [0.1, 0.15) is 10.4 Å². The van der Waals surface area contributed by atoms with Crippen LogP contribution in [0.4, 0.5) is 0 Å². The van der Waals surface area contributed by atoms with Crippen LogP contribution in [0.25, 0.3) is 0 Å². The Morgan fingerprint density at radius 2 is 1.82 bits per heavy atom. The van der Waals surface area contributed by atoms with Crippen molar-refractivity contribution in [2.24, 2.45) is 0 Å². The summed E-state index contributed by atoms with van der Waals surface area (Å²) in [6.07, 6.45) is 1.02. The van der Waals surface area contributed by atoms with E-state index >= 15 is 0 Å². The topological polar surface area (TPSA) is 20.2 Å². The molecule has 2 aromatic rings. The molecule has 4 heteroatoms. The molecule has 90 valence electrons. The predicted molar refractivity (Wildman–Crippen MR) is 79.6 cm³/mol. The minimum absolute atomic E-state index is 0.344. The van der Waals surface area contributed by atoms with Gasteiger partial charge in [0.1, 0.15) is 0 Å². The zero-order chi connectivity index (χ0) is 12.3. The maximum Gasteiger partial charge on any atom is 0.0629 e. The smallest absolute Gasteiger partial charge is 0.0629 e. The molecule has 2 rings (SSSR count). The van der Waals surface area contributed by atoms with Crippen LogP contribution in [-0.4, -0.2) is 11.2 Å². The van der Waals surface area contributed by atoms with Gasteiger partial charge >= 0.3 is 0 Å². The highest BCUT2D eigenvalue weighted by atomic mass is 79.9. The Morgan fingerprint density at radius 1 is 1.06 bits per heavy atom. The van der Waals surface area contributed by atoms with Gasteiger partial charge in [-0.05, 0) is 45.4 Å². The highest BCUT2D eigenvalue weighted by molar-refractivity contribution is 9.10. The van der Waals surface area contributed by atoms with E-state index in [0.717, 1.165) is 14.5 Å². The molecule has 1 nitrogen and oxygen atoms in total. The quantitative estimate of drug-likeness (QED) is 0.838. The van der Waals surface area contributed by atoms with Crippen LogP contribution in [-0.2, 0) is 12.8 Å². The summed E-state index contributed by atoms with van der Waals surface area (Å²) in [4.78, 5) is 1.20. The van der Waals surface area contributed by atoms with E-state index in [1.54, 1.807) is 11.3 Å². The third-order valence-corrected chi connectivity index (χ3v) is 5.25. The monoisotopic (exact) mass is 374 g/mol. The molecule has 0 amide bonds. The second kappa shape index (κ2) is 6.14. The van der Waals surface area contributed by atoms with Crippen LogP contribution in [0, 0.1) is 0 Å². The van der Waals surface area contributed by atoms with Crippen molar-refractivity contribution in [2.45, 2.75) is 18.9 Å². The fraction of sp³-hybridized carbons (Fsp3) is 0.231. The van der Waals surface area contributed by atoms with E-state index in [-0.39, 0.29) is 6.10 Å². The molecule has 0 saturated heterocycles. The number of halogens is 2. The van der Waals surface area contributed by atoms with Gasteiger partial charge in [-0.15, -0.1) is 11.3 Å². The number of thiophene rings is 1. The Hall–Kier alpha value is -0.160. The molecule has 0 fully saturated rings. The predicted octanol–water partition coefficient (Wildman–Crippen LogP) is 4.42. The molecule has 1 N–H and O–H groups in total. The Balaban J connectivity index is 2.01. The average molecular weight is 376 g/mol. The standard InChI is InChI=1S/C13H12Br2OS/c14-11-4-2-1-3-9(11)7-10(16)8-13-12(15)5-6-17-13/h1-6,10,16H,7-8H2. The first-order valence-electron chi connectivity index (χ1n) is 5.30. The molecular weight excluding hydrogens is 364 g/mol. The first-order chi connectivity index (χ1) is 8.16. The van der Waals surface area contributed by atoms with E-state index in [2.05, 4.69) is 31.9 Å². The maximum absolute atomic E-state index is 10.1. The van der Waals surface area contributed by atoms with Crippen LogP contribution >= 0.6 is 43.2 Å². The van der Waals surface area contributed by atoms with Gasteiger partial charge < -0.3 is 5.11 Å². The largest absolute Gasteiger partial charge is 0.392 e. The summed E-state index contributed by atoms with van der Waals surface area (Å²) in [5.41, 5.74) is 1.15. The molecule has 0 bridgehead atoms. The number of benzene rings is 1. The van der Waals surface area contributed by atoms with Crippen molar-refractivity contribution in [3.8, 4) is 0 Å². The van der Waals surface area contributed by atoms with Gasteiger partial charge in [0.15, 0.2) is 0 Å². The molecule has 0 saturated carbocycles. The number of aliphatic hydroxyl groups is 1. The summed E-state index contributed by atoms with van der Waals surface area (Å²) >= 11 is 8.66. The van der Waals surface area contributed by atoms with E-state index < -0.39 is 0 Å². The lowest BCUT2D eigenvalue weighted by Gasteiger charge is -2.11. The molecule has 1 unspecified atom stereocenters. The number of aliphatic hydroxyl groups excluding tert-OH is 1. The molecule has 0 spiro atoms. The van der Waals surface area contributed by atoms with E-state index in [9.17, 15) is 5.11 Å². The van der Waals surface area contributed by atoms with Crippen molar-refractivity contribution in [3.05, 3.63) is 55.1 Å². The van der Waals surface area contributed by atoms with E-state index in [1.165, 1.54) is 4.88 Å². The summed E-state index contributed by atoms with van der Waals surface area (Å²) in [7, 11) is 0. The third-order valence-electron chi connectivity index (χ3n) is 2.53. The van der Waals surface area contributed by atoms with Crippen molar-refractivity contribution in [1.82, 2.24) is 0 Å². The van der Waals surface area contributed by atoms with Crippen molar-refractivity contribution in [3.63, 3.8) is 0 Å². The Morgan fingerprint density at radius 3 is 2.47 bits per heavy atom. The first kappa shape index (κ1) is 13.3. The highest BCUT2D eigenvalue weighted by Crippen LogP contribution is 2.25. The van der Waals surface area contributed by atoms with Crippen LogP contribution in [0.2, 0.25) is 0 Å². The van der Waals surface area contributed by atoms with E-state index in [1.807, 2.05) is 35.7 Å². The molecule has 1 aromatic carbocycles.